The number of amides is 1. The zero-order valence-electron chi connectivity index (χ0n) is 11.2. The number of hydrogen-bond donors (Lipinski definition) is 2. The van der Waals surface area contributed by atoms with E-state index in [2.05, 4.69) is 0 Å². The van der Waals surface area contributed by atoms with E-state index in [-0.39, 0.29) is 11.8 Å². The number of hydrogen-bond acceptors (Lipinski definition) is 3. The van der Waals surface area contributed by atoms with Gasteiger partial charge in [0, 0.05) is 13.1 Å². The molecule has 2 atom stereocenters. The van der Waals surface area contributed by atoms with Crippen LogP contribution in [0, 0.1) is 5.92 Å². The largest absolute Gasteiger partial charge is 0.389 e. The van der Waals surface area contributed by atoms with Crippen LogP contribution in [0.5, 0.6) is 0 Å². The molecule has 0 aliphatic heterocycles. The van der Waals surface area contributed by atoms with Gasteiger partial charge in [-0.05, 0) is 26.7 Å². The third kappa shape index (κ3) is 4.94. The molecule has 0 aromatic heterocycles. The van der Waals surface area contributed by atoms with Crippen LogP contribution in [-0.2, 0) is 4.79 Å². The van der Waals surface area contributed by atoms with Crippen LogP contribution in [0.3, 0.4) is 0 Å². The molecule has 16 heavy (non-hydrogen) atoms. The fourth-order valence-corrected chi connectivity index (χ4v) is 1.52. The average molecular weight is 230 g/mol. The summed E-state index contributed by atoms with van der Waals surface area (Å²) in [5, 5.41) is 9.71. The van der Waals surface area contributed by atoms with Crippen molar-refractivity contribution in [3.05, 3.63) is 0 Å². The standard InChI is InChI=1S/C12H26N2O2/c1-6-9(3)10(13)11(15)14(7-2)8-12(4,5)16/h9-10,16H,6-8,13H2,1-5H3/t9?,10-/m0/s1. The SMILES string of the molecule is CCC(C)[C@H](N)C(=O)N(CC)CC(C)(C)O. The smallest absolute Gasteiger partial charge is 0.239 e. The van der Waals surface area contributed by atoms with E-state index >= 15 is 0 Å². The van der Waals surface area contributed by atoms with Gasteiger partial charge in [0.2, 0.25) is 5.91 Å². The number of likely N-dealkylation sites (N-methyl/N-ethyl adjacent to an activating group) is 1. The average Bonchev–Trinajstić information content (AvgIpc) is 2.21. The molecule has 0 spiro atoms. The summed E-state index contributed by atoms with van der Waals surface area (Å²) in [6.07, 6.45) is 0.882. The van der Waals surface area contributed by atoms with Crippen LogP contribution in [0.25, 0.3) is 0 Å². The van der Waals surface area contributed by atoms with E-state index in [4.69, 9.17) is 5.73 Å². The molecular weight excluding hydrogens is 204 g/mol. The van der Waals surface area contributed by atoms with E-state index in [0.29, 0.717) is 13.1 Å². The summed E-state index contributed by atoms with van der Waals surface area (Å²) in [5.41, 5.74) is 5.02. The lowest BCUT2D eigenvalue weighted by atomic mass is 9.98. The minimum Gasteiger partial charge on any atom is -0.389 e. The van der Waals surface area contributed by atoms with E-state index < -0.39 is 11.6 Å². The van der Waals surface area contributed by atoms with Crippen LogP contribution in [0.4, 0.5) is 0 Å². The second-order valence-electron chi connectivity index (χ2n) is 5.08. The predicted octanol–water partition coefficient (Wildman–Crippen LogP) is 0.979. The van der Waals surface area contributed by atoms with Crippen molar-refractivity contribution >= 4 is 5.91 Å². The lowest BCUT2D eigenvalue weighted by molar-refractivity contribution is -0.136. The maximum atomic E-state index is 12.0. The van der Waals surface area contributed by atoms with Crippen LogP contribution in [0.1, 0.15) is 41.0 Å². The van der Waals surface area contributed by atoms with Crippen LogP contribution in [0.15, 0.2) is 0 Å². The summed E-state index contributed by atoms with van der Waals surface area (Å²) < 4.78 is 0. The second kappa shape index (κ2) is 6.21. The van der Waals surface area contributed by atoms with E-state index in [9.17, 15) is 9.90 Å². The molecule has 1 amide bonds. The Morgan fingerprint density at radius 3 is 2.25 bits per heavy atom. The van der Waals surface area contributed by atoms with Gasteiger partial charge < -0.3 is 15.7 Å². The van der Waals surface area contributed by atoms with Crippen molar-refractivity contribution < 1.29 is 9.90 Å². The number of aliphatic hydroxyl groups is 1. The van der Waals surface area contributed by atoms with E-state index in [1.54, 1.807) is 18.7 Å². The Bertz CT molecular complexity index is 224. The molecule has 0 aliphatic rings. The third-order valence-corrected chi connectivity index (χ3v) is 2.81. The molecule has 0 heterocycles. The van der Waals surface area contributed by atoms with Crippen molar-refractivity contribution in [2.24, 2.45) is 11.7 Å². The molecule has 0 bridgehead atoms. The summed E-state index contributed by atoms with van der Waals surface area (Å²) in [6, 6.07) is -0.465. The van der Waals surface area contributed by atoms with Crippen molar-refractivity contribution in [3.63, 3.8) is 0 Å². The van der Waals surface area contributed by atoms with Gasteiger partial charge in [-0.25, -0.2) is 0 Å². The van der Waals surface area contributed by atoms with Crippen LogP contribution < -0.4 is 5.73 Å². The molecule has 0 saturated carbocycles. The Kier molecular flexibility index (Phi) is 5.97. The quantitative estimate of drug-likeness (QED) is 0.715. The summed E-state index contributed by atoms with van der Waals surface area (Å²) >= 11 is 0. The first kappa shape index (κ1) is 15.4. The number of nitrogens with two attached hydrogens (primary N) is 1. The molecule has 0 aromatic rings. The number of rotatable bonds is 6. The van der Waals surface area contributed by atoms with Gasteiger partial charge in [-0.3, -0.25) is 4.79 Å². The van der Waals surface area contributed by atoms with Crippen molar-refractivity contribution in [1.29, 1.82) is 0 Å². The molecule has 0 fully saturated rings. The maximum Gasteiger partial charge on any atom is 0.239 e. The lowest BCUT2D eigenvalue weighted by Gasteiger charge is -2.31. The fraction of sp³-hybridized carbons (Fsp3) is 0.917. The zero-order chi connectivity index (χ0) is 12.9. The predicted molar refractivity (Wildman–Crippen MR) is 66.0 cm³/mol. The van der Waals surface area contributed by atoms with Gasteiger partial charge in [0.15, 0.2) is 0 Å². The topological polar surface area (TPSA) is 66.6 Å². The number of carbonyl (C=O) groups excluding carboxylic acids is 1. The van der Waals surface area contributed by atoms with Crippen molar-refractivity contribution in [3.8, 4) is 0 Å². The summed E-state index contributed by atoms with van der Waals surface area (Å²) in [6.45, 7) is 10.2. The zero-order valence-corrected chi connectivity index (χ0v) is 11.2. The Hall–Kier alpha value is -0.610. The van der Waals surface area contributed by atoms with E-state index in [0.717, 1.165) is 6.42 Å². The first-order valence-corrected chi connectivity index (χ1v) is 5.99. The molecule has 1 unspecified atom stereocenters. The highest BCUT2D eigenvalue weighted by Crippen LogP contribution is 2.11. The van der Waals surface area contributed by atoms with E-state index in [1.807, 2.05) is 20.8 Å². The molecule has 0 aromatic carbocycles. The second-order valence-corrected chi connectivity index (χ2v) is 5.08. The summed E-state index contributed by atoms with van der Waals surface area (Å²) in [7, 11) is 0. The van der Waals surface area contributed by atoms with Crippen LogP contribution >= 0.6 is 0 Å². The van der Waals surface area contributed by atoms with Gasteiger partial charge >= 0.3 is 0 Å². The highest BCUT2D eigenvalue weighted by molar-refractivity contribution is 5.82. The first-order valence-electron chi connectivity index (χ1n) is 5.99. The Morgan fingerprint density at radius 2 is 1.94 bits per heavy atom. The van der Waals surface area contributed by atoms with Gasteiger partial charge in [-0.2, -0.15) is 0 Å². The maximum absolute atomic E-state index is 12.0. The van der Waals surface area contributed by atoms with Crippen molar-refractivity contribution in [2.45, 2.75) is 52.7 Å². The molecule has 4 heteroatoms. The van der Waals surface area contributed by atoms with Crippen LogP contribution in [0.2, 0.25) is 0 Å². The first-order chi connectivity index (χ1) is 7.22. The van der Waals surface area contributed by atoms with Crippen LogP contribution in [-0.4, -0.2) is 40.6 Å². The van der Waals surface area contributed by atoms with Gasteiger partial charge in [-0.1, -0.05) is 20.3 Å². The Morgan fingerprint density at radius 1 is 1.44 bits per heavy atom. The number of carbonyl (C=O) groups is 1. The van der Waals surface area contributed by atoms with Gasteiger partial charge in [0.1, 0.15) is 0 Å². The monoisotopic (exact) mass is 230 g/mol. The van der Waals surface area contributed by atoms with Gasteiger partial charge in [0.25, 0.3) is 0 Å². The van der Waals surface area contributed by atoms with Crippen molar-refractivity contribution in [1.82, 2.24) is 4.90 Å². The Balaban J connectivity index is 4.53. The molecule has 4 nitrogen and oxygen atoms in total. The molecule has 0 rings (SSSR count). The normalized spacial score (nSPS) is 15.7. The molecule has 0 radical (unpaired) electrons. The Labute approximate surface area is 98.8 Å². The third-order valence-electron chi connectivity index (χ3n) is 2.81. The van der Waals surface area contributed by atoms with Gasteiger partial charge in [-0.15, -0.1) is 0 Å². The van der Waals surface area contributed by atoms with Crippen molar-refractivity contribution in [2.75, 3.05) is 13.1 Å². The highest BCUT2D eigenvalue weighted by atomic mass is 16.3. The summed E-state index contributed by atoms with van der Waals surface area (Å²) in [4.78, 5) is 13.7. The molecule has 0 aliphatic carbocycles. The molecule has 3 N–H and O–H groups in total. The summed E-state index contributed by atoms with van der Waals surface area (Å²) in [5.74, 6) is 0.0994. The lowest BCUT2D eigenvalue weighted by Crippen LogP contribution is -2.51. The molecular formula is C12H26N2O2. The van der Waals surface area contributed by atoms with Gasteiger partial charge in [0.05, 0.1) is 11.6 Å². The molecule has 0 saturated heterocycles. The fourth-order valence-electron chi connectivity index (χ4n) is 1.52. The number of nitrogens with zero attached hydrogens (tertiary/aromatic N) is 1. The van der Waals surface area contributed by atoms with E-state index in [1.165, 1.54) is 0 Å². The highest BCUT2D eigenvalue weighted by Gasteiger charge is 2.27. The minimum absolute atomic E-state index is 0.0704. The minimum atomic E-state index is -0.874. The molecule has 96 valence electrons.